The molecule has 3 rings (SSSR count). The number of sulfonamides is 1. The molecule has 11 heteroatoms. The molecule has 0 aliphatic heterocycles. The summed E-state index contributed by atoms with van der Waals surface area (Å²) in [5, 5.41) is 6.71. The molecule has 164 valence electrons. The van der Waals surface area contributed by atoms with Gasteiger partial charge in [0.25, 0.3) is 0 Å². The predicted octanol–water partition coefficient (Wildman–Crippen LogP) is 4.24. The lowest BCUT2D eigenvalue weighted by Crippen LogP contribution is -2.29. The van der Waals surface area contributed by atoms with Gasteiger partial charge in [0.1, 0.15) is 28.2 Å². The van der Waals surface area contributed by atoms with E-state index < -0.39 is 10.0 Å². The molecule has 0 fully saturated rings. The molecule has 0 aliphatic carbocycles. The zero-order valence-corrected chi connectivity index (χ0v) is 19.5. The van der Waals surface area contributed by atoms with Crippen LogP contribution >= 0.6 is 23.2 Å². The smallest absolute Gasteiger partial charge is 0.242 e. The third kappa shape index (κ3) is 6.27. The van der Waals surface area contributed by atoms with Crippen molar-refractivity contribution in [2.24, 2.45) is 0 Å². The van der Waals surface area contributed by atoms with Gasteiger partial charge in [-0.2, -0.15) is 0 Å². The molecule has 0 spiro atoms. The second kappa shape index (κ2) is 9.78. The Bertz CT molecular complexity index is 1200. The quantitative estimate of drug-likeness (QED) is 0.413. The van der Waals surface area contributed by atoms with Crippen LogP contribution in [0.5, 0.6) is 0 Å². The van der Waals surface area contributed by atoms with Gasteiger partial charge in [-0.25, -0.2) is 28.1 Å². The fraction of sp³-hybridized carbons (Fsp3) is 0.250. The average molecular weight is 481 g/mol. The molecule has 2 heterocycles. The molecule has 2 aromatic heterocycles. The van der Waals surface area contributed by atoms with E-state index in [9.17, 15) is 8.42 Å². The molecule has 0 amide bonds. The number of hydrogen-bond acceptors (Lipinski definition) is 7. The SMILES string of the molecule is Cc1ccnc(Nc2cc(NCCNS(=O)(=O)c3cc(C)c(Cl)cc3Cl)nc(C)n2)c1. The van der Waals surface area contributed by atoms with E-state index in [4.69, 9.17) is 23.2 Å². The third-order valence-corrected chi connectivity index (χ3v) is 6.57. The number of aryl methyl sites for hydroxylation is 3. The highest BCUT2D eigenvalue weighted by Gasteiger charge is 2.19. The van der Waals surface area contributed by atoms with Crippen molar-refractivity contribution in [3.63, 3.8) is 0 Å². The monoisotopic (exact) mass is 480 g/mol. The molecule has 31 heavy (non-hydrogen) atoms. The predicted molar refractivity (Wildman–Crippen MR) is 124 cm³/mol. The molecule has 1 aromatic carbocycles. The van der Waals surface area contributed by atoms with Crippen molar-refractivity contribution in [3.05, 3.63) is 63.5 Å². The van der Waals surface area contributed by atoms with Gasteiger partial charge in [-0.1, -0.05) is 23.2 Å². The second-order valence-corrected chi connectivity index (χ2v) is 9.44. The van der Waals surface area contributed by atoms with Crippen molar-refractivity contribution >= 4 is 50.7 Å². The van der Waals surface area contributed by atoms with Gasteiger partial charge < -0.3 is 10.6 Å². The first kappa shape index (κ1) is 23.2. The zero-order chi connectivity index (χ0) is 22.6. The maximum absolute atomic E-state index is 12.6. The molecule has 0 saturated carbocycles. The van der Waals surface area contributed by atoms with Crippen LogP contribution in [0.2, 0.25) is 10.0 Å². The van der Waals surface area contributed by atoms with Crippen LogP contribution in [0.15, 0.2) is 41.4 Å². The molecule has 8 nitrogen and oxygen atoms in total. The molecule has 0 aliphatic rings. The first-order valence-corrected chi connectivity index (χ1v) is 11.6. The van der Waals surface area contributed by atoms with E-state index in [1.54, 1.807) is 26.1 Å². The van der Waals surface area contributed by atoms with Gasteiger partial charge in [0.2, 0.25) is 10.0 Å². The number of anilines is 3. The third-order valence-electron chi connectivity index (χ3n) is 4.24. The molecule has 0 radical (unpaired) electrons. The molecule has 0 saturated heterocycles. The highest BCUT2D eigenvalue weighted by Crippen LogP contribution is 2.28. The molecule has 3 N–H and O–H groups in total. The van der Waals surface area contributed by atoms with E-state index in [-0.39, 0.29) is 16.5 Å². The van der Waals surface area contributed by atoms with Gasteiger partial charge >= 0.3 is 0 Å². The normalized spacial score (nSPS) is 11.4. The van der Waals surface area contributed by atoms with Crippen molar-refractivity contribution in [3.8, 4) is 0 Å². The molecule has 3 aromatic rings. The van der Waals surface area contributed by atoms with Crippen LogP contribution in [0.25, 0.3) is 0 Å². The van der Waals surface area contributed by atoms with Gasteiger partial charge in [0.15, 0.2) is 0 Å². The minimum absolute atomic E-state index is 0.00825. The first-order valence-electron chi connectivity index (χ1n) is 9.38. The van der Waals surface area contributed by atoms with Gasteiger partial charge in [-0.05, 0) is 56.2 Å². The van der Waals surface area contributed by atoms with Crippen LogP contribution in [0.4, 0.5) is 17.5 Å². The summed E-state index contributed by atoms with van der Waals surface area (Å²) in [5.41, 5.74) is 1.70. The zero-order valence-electron chi connectivity index (χ0n) is 17.2. The summed E-state index contributed by atoms with van der Waals surface area (Å²) in [4.78, 5) is 12.9. The standard InChI is InChI=1S/C20H22Cl2N6O2S/c1-12-4-5-23-18(8-12)28-20-11-19(26-14(3)27-20)24-6-7-25-31(29,30)17-9-13(2)15(21)10-16(17)22/h4-5,8-11,25H,6-7H2,1-3H3,(H2,23,24,26,27,28). The van der Waals surface area contributed by atoms with Crippen molar-refractivity contribution in [2.75, 3.05) is 23.7 Å². The fourth-order valence-electron chi connectivity index (χ4n) is 2.75. The van der Waals surface area contributed by atoms with Gasteiger partial charge in [0.05, 0.1) is 5.02 Å². The number of hydrogen-bond donors (Lipinski definition) is 3. The van der Waals surface area contributed by atoms with E-state index in [2.05, 4.69) is 30.3 Å². The van der Waals surface area contributed by atoms with E-state index in [1.807, 2.05) is 19.1 Å². The summed E-state index contributed by atoms with van der Waals surface area (Å²) in [6, 6.07) is 8.41. The highest BCUT2D eigenvalue weighted by atomic mass is 35.5. The Kier molecular flexibility index (Phi) is 7.32. The maximum atomic E-state index is 12.6. The van der Waals surface area contributed by atoms with E-state index in [0.29, 0.717) is 40.4 Å². The Balaban J connectivity index is 1.62. The lowest BCUT2D eigenvalue weighted by Gasteiger charge is -2.12. The van der Waals surface area contributed by atoms with Crippen LogP contribution in [0.3, 0.4) is 0 Å². The summed E-state index contributed by atoms with van der Waals surface area (Å²) in [5.74, 6) is 2.37. The summed E-state index contributed by atoms with van der Waals surface area (Å²) in [7, 11) is -3.78. The number of nitrogens with zero attached hydrogens (tertiary/aromatic N) is 3. The maximum Gasteiger partial charge on any atom is 0.242 e. The molecule has 0 unspecified atom stereocenters. The number of aromatic nitrogens is 3. The van der Waals surface area contributed by atoms with Crippen LogP contribution < -0.4 is 15.4 Å². The van der Waals surface area contributed by atoms with Crippen LogP contribution in [0, 0.1) is 20.8 Å². The van der Waals surface area contributed by atoms with Crippen molar-refractivity contribution in [1.29, 1.82) is 0 Å². The Labute approximate surface area is 191 Å². The van der Waals surface area contributed by atoms with Crippen LogP contribution in [0.1, 0.15) is 17.0 Å². The number of pyridine rings is 1. The summed E-state index contributed by atoms with van der Waals surface area (Å²) >= 11 is 12.0. The average Bonchev–Trinajstić information content (AvgIpc) is 2.67. The summed E-state index contributed by atoms with van der Waals surface area (Å²) in [6.07, 6.45) is 1.71. The van der Waals surface area contributed by atoms with E-state index >= 15 is 0 Å². The Hall–Kier alpha value is -2.46. The minimum Gasteiger partial charge on any atom is -0.369 e. The second-order valence-electron chi connectivity index (χ2n) is 6.89. The van der Waals surface area contributed by atoms with Crippen LogP contribution in [-0.4, -0.2) is 36.5 Å². The van der Waals surface area contributed by atoms with Gasteiger partial charge in [0, 0.05) is 30.4 Å². The van der Waals surface area contributed by atoms with E-state index in [0.717, 1.165) is 5.56 Å². The summed E-state index contributed by atoms with van der Waals surface area (Å²) in [6.45, 7) is 5.90. The topological polar surface area (TPSA) is 109 Å². The lowest BCUT2D eigenvalue weighted by atomic mass is 10.2. The Morgan fingerprint density at radius 1 is 0.903 bits per heavy atom. The highest BCUT2D eigenvalue weighted by molar-refractivity contribution is 7.89. The number of benzene rings is 1. The number of rotatable bonds is 8. The van der Waals surface area contributed by atoms with Crippen LogP contribution in [-0.2, 0) is 10.0 Å². The van der Waals surface area contributed by atoms with Gasteiger partial charge in [-0.3, -0.25) is 0 Å². The molecule has 0 bridgehead atoms. The number of halogens is 2. The summed E-state index contributed by atoms with van der Waals surface area (Å²) < 4.78 is 27.6. The molecular formula is C20H22Cl2N6O2S. The molecular weight excluding hydrogens is 459 g/mol. The lowest BCUT2D eigenvalue weighted by molar-refractivity contribution is 0.583. The minimum atomic E-state index is -3.78. The van der Waals surface area contributed by atoms with Crippen molar-refractivity contribution in [1.82, 2.24) is 19.7 Å². The number of nitrogens with one attached hydrogen (secondary N) is 3. The van der Waals surface area contributed by atoms with Crippen molar-refractivity contribution < 1.29 is 8.42 Å². The molecule has 0 atom stereocenters. The first-order chi connectivity index (χ1) is 14.6. The Morgan fingerprint density at radius 2 is 1.65 bits per heavy atom. The van der Waals surface area contributed by atoms with E-state index in [1.165, 1.54) is 12.1 Å². The fourth-order valence-corrected chi connectivity index (χ4v) is 4.61. The largest absolute Gasteiger partial charge is 0.369 e. The van der Waals surface area contributed by atoms with Gasteiger partial charge in [-0.15, -0.1) is 0 Å². The Morgan fingerprint density at radius 3 is 2.39 bits per heavy atom. The van der Waals surface area contributed by atoms with Crippen molar-refractivity contribution in [2.45, 2.75) is 25.7 Å².